The van der Waals surface area contributed by atoms with E-state index in [9.17, 15) is 13.2 Å². The molecule has 1 unspecified atom stereocenters. The van der Waals surface area contributed by atoms with Crippen LogP contribution in [0.25, 0.3) is 0 Å². The van der Waals surface area contributed by atoms with Crippen molar-refractivity contribution in [2.24, 2.45) is 0 Å². The van der Waals surface area contributed by atoms with Crippen molar-refractivity contribution in [3.05, 3.63) is 23.8 Å². The van der Waals surface area contributed by atoms with E-state index in [1.165, 1.54) is 36.4 Å². The summed E-state index contributed by atoms with van der Waals surface area (Å²) in [5.74, 6) is 0.0381. The number of nitrogens with zero attached hydrogens (tertiary/aromatic N) is 2. The Morgan fingerprint density at radius 3 is 2.52 bits per heavy atom. The van der Waals surface area contributed by atoms with Gasteiger partial charge in [0.05, 0.1) is 30.8 Å². The number of hydrogen-bond donors (Lipinski definition) is 1. The minimum Gasteiger partial charge on any atom is -0.496 e. The van der Waals surface area contributed by atoms with Gasteiger partial charge < -0.3 is 14.8 Å². The number of rotatable bonds is 8. The molecule has 0 spiro atoms. The number of carbonyl (C=O) groups is 1. The first-order chi connectivity index (χ1) is 14.0. The van der Waals surface area contributed by atoms with Crippen molar-refractivity contribution in [1.29, 1.82) is 0 Å². The summed E-state index contributed by atoms with van der Waals surface area (Å²) >= 11 is 0. The molecule has 3 rings (SSSR count). The topological polar surface area (TPSA) is 88.2 Å². The molecule has 0 aliphatic carbocycles. The highest BCUT2D eigenvalue weighted by molar-refractivity contribution is 7.89. The van der Waals surface area contributed by atoms with E-state index in [0.717, 1.165) is 19.5 Å². The zero-order chi connectivity index (χ0) is 20.9. The number of benzene rings is 1. The molecule has 0 bridgehead atoms. The quantitative estimate of drug-likeness (QED) is 0.676. The SMILES string of the molecule is CCC(CNC(=O)c1cc(S(=O)(=O)N2CCOCC2)ccc1OC)N1CCCC1. The Balaban J connectivity index is 1.76. The fraction of sp³-hybridized carbons (Fsp3) is 0.650. The van der Waals surface area contributed by atoms with Gasteiger partial charge in [0.25, 0.3) is 5.91 Å². The largest absolute Gasteiger partial charge is 0.496 e. The monoisotopic (exact) mass is 425 g/mol. The number of likely N-dealkylation sites (tertiary alicyclic amines) is 1. The van der Waals surface area contributed by atoms with E-state index in [1.54, 1.807) is 6.07 Å². The molecule has 2 heterocycles. The standard InChI is InChI=1S/C20H31N3O5S/c1-3-16(22-8-4-5-9-22)15-21-20(24)18-14-17(6-7-19(18)27-2)29(25,26)23-10-12-28-13-11-23/h6-7,14,16H,3-5,8-13,15H2,1-2H3,(H,21,24). The van der Waals surface area contributed by atoms with Crippen LogP contribution in [0.1, 0.15) is 36.5 Å². The molecule has 1 atom stereocenters. The van der Waals surface area contributed by atoms with Gasteiger partial charge in [0.2, 0.25) is 10.0 Å². The Labute approximate surface area is 173 Å². The van der Waals surface area contributed by atoms with Crippen LogP contribution in [-0.2, 0) is 14.8 Å². The van der Waals surface area contributed by atoms with E-state index in [-0.39, 0.29) is 22.4 Å². The summed E-state index contributed by atoms with van der Waals surface area (Å²) in [4.78, 5) is 15.4. The van der Waals surface area contributed by atoms with Crippen LogP contribution in [0.4, 0.5) is 0 Å². The van der Waals surface area contributed by atoms with E-state index in [4.69, 9.17) is 9.47 Å². The molecule has 1 aromatic rings. The smallest absolute Gasteiger partial charge is 0.255 e. The number of sulfonamides is 1. The van der Waals surface area contributed by atoms with Crippen LogP contribution in [0.5, 0.6) is 5.75 Å². The normalized spacial score (nSPS) is 19.8. The van der Waals surface area contributed by atoms with Gasteiger partial charge in [0.15, 0.2) is 0 Å². The molecule has 2 aliphatic heterocycles. The van der Waals surface area contributed by atoms with Crippen LogP contribution in [0.3, 0.4) is 0 Å². The van der Waals surface area contributed by atoms with E-state index < -0.39 is 10.0 Å². The van der Waals surface area contributed by atoms with Crippen LogP contribution in [0, 0.1) is 0 Å². The number of carbonyl (C=O) groups excluding carboxylic acids is 1. The van der Waals surface area contributed by atoms with Crippen molar-refractivity contribution in [3.63, 3.8) is 0 Å². The molecule has 29 heavy (non-hydrogen) atoms. The van der Waals surface area contributed by atoms with Crippen LogP contribution >= 0.6 is 0 Å². The van der Waals surface area contributed by atoms with Gasteiger partial charge in [-0.25, -0.2) is 8.42 Å². The third-order valence-electron chi connectivity index (χ3n) is 5.65. The fourth-order valence-electron chi connectivity index (χ4n) is 3.91. The maximum atomic E-state index is 12.9. The summed E-state index contributed by atoms with van der Waals surface area (Å²) in [6.07, 6.45) is 3.34. The van der Waals surface area contributed by atoms with Gasteiger partial charge in [-0.2, -0.15) is 4.31 Å². The molecule has 162 valence electrons. The first-order valence-electron chi connectivity index (χ1n) is 10.3. The average Bonchev–Trinajstić information content (AvgIpc) is 3.29. The van der Waals surface area contributed by atoms with Crippen molar-refractivity contribution < 1.29 is 22.7 Å². The van der Waals surface area contributed by atoms with Crippen LogP contribution < -0.4 is 10.1 Å². The van der Waals surface area contributed by atoms with Gasteiger partial charge in [-0.1, -0.05) is 6.92 Å². The highest BCUT2D eigenvalue weighted by Gasteiger charge is 2.28. The van der Waals surface area contributed by atoms with Crippen molar-refractivity contribution in [1.82, 2.24) is 14.5 Å². The Hall–Kier alpha value is -1.68. The van der Waals surface area contributed by atoms with Gasteiger partial charge in [-0.05, 0) is 50.6 Å². The molecule has 1 amide bonds. The second-order valence-electron chi connectivity index (χ2n) is 7.39. The lowest BCUT2D eigenvalue weighted by atomic mass is 10.1. The first kappa shape index (κ1) is 22.0. The molecule has 1 aromatic carbocycles. The molecular weight excluding hydrogens is 394 g/mol. The highest BCUT2D eigenvalue weighted by Crippen LogP contribution is 2.25. The summed E-state index contributed by atoms with van der Waals surface area (Å²) in [6, 6.07) is 4.72. The Bertz CT molecular complexity index is 802. The highest BCUT2D eigenvalue weighted by atomic mass is 32.2. The molecule has 2 saturated heterocycles. The first-order valence-corrected chi connectivity index (χ1v) is 11.7. The summed E-state index contributed by atoms with van der Waals surface area (Å²) in [5, 5.41) is 2.97. The van der Waals surface area contributed by atoms with Gasteiger partial charge in [0, 0.05) is 25.7 Å². The third kappa shape index (κ3) is 5.09. The van der Waals surface area contributed by atoms with Crippen molar-refractivity contribution >= 4 is 15.9 Å². The van der Waals surface area contributed by atoms with Crippen LogP contribution in [0.15, 0.2) is 23.1 Å². The second-order valence-corrected chi connectivity index (χ2v) is 9.33. The molecule has 1 N–H and O–H groups in total. The van der Waals surface area contributed by atoms with Gasteiger partial charge >= 0.3 is 0 Å². The Morgan fingerprint density at radius 1 is 1.21 bits per heavy atom. The molecule has 9 heteroatoms. The maximum absolute atomic E-state index is 12.9. The Kier molecular flexibility index (Phi) is 7.50. The molecule has 2 fully saturated rings. The number of morpholine rings is 1. The van der Waals surface area contributed by atoms with E-state index in [1.807, 2.05) is 0 Å². The number of methoxy groups -OCH3 is 1. The summed E-state index contributed by atoms with van der Waals surface area (Å²) < 4.78 is 37.8. The second kappa shape index (κ2) is 9.88. The minimum atomic E-state index is -3.68. The minimum absolute atomic E-state index is 0.0944. The molecule has 0 radical (unpaired) electrons. The number of hydrogen-bond acceptors (Lipinski definition) is 6. The molecular formula is C20H31N3O5S. The zero-order valence-electron chi connectivity index (χ0n) is 17.2. The molecule has 8 nitrogen and oxygen atoms in total. The van der Waals surface area contributed by atoms with Gasteiger partial charge in [-0.3, -0.25) is 9.69 Å². The van der Waals surface area contributed by atoms with E-state index in [0.29, 0.717) is 38.6 Å². The van der Waals surface area contributed by atoms with Crippen LogP contribution in [0.2, 0.25) is 0 Å². The maximum Gasteiger partial charge on any atom is 0.255 e. The van der Waals surface area contributed by atoms with Gasteiger partial charge in [0.1, 0.15) is 5.75 Å². The summed E-state index contributed by atoms with van der Waals surface area (Å²) in [6.45, 7) is 6.13. The van der Waals surface area contributed by atoms with E-state index in [2.05, 4.69) is 17.1 Å². The fourth-order valence-corrected chi connectivity index (χ4v) is 5.34. The lowest BCUT2D eigenvalue weighted by Crippen LogP contribution is -2.42. The molecule has 2 aliphatic rings. The third-order valence-corrected chi connectivity index (χ3v) is 7.54. The average molecular weight is 426 g/mol. The predicted molar refractivity (Wildman–Crippen MR) is 110 cm³/mol. The number of nitrogens with one attached hydrogen (secondary N) is 1. The molecule has 0 saturated carbocycles. The lowest BCUT2D eigenvalue weighted by Gasteiger charge is -2.27. The van der Waals surface area contributed by atoms with Crippen molar-refractivity contribution in [3.8, 4) is 5.75 Å². The predicted octanol–water partition coefficient (Wildman–Crippen LogP) is 1.32. The Morgan fingerprint density at radius 2 is 1.90 bits per heavy atom. The van der Waals surface area contributed by atoms with E-state index >= 15 is 0 Å². The van der Waals surface area contributed by atoms with Crippen LogP contribution in [-0.4, -0.2) is 82.6 Å². The number of ether oxygens (including phenoxy) is 2. The lowest BCUT2D eigenvalue weighted by molar-refractivity contribution is 0.0730. The summed E-state index contributed by atoms with van der Waals surface area (Å²) in [5.41, 5.74) is 0.234. The van der Waals surface area contributed by atoms with Crippen molar-refractivity contribution in [2.75, 3.05) is 53.0 Å². The molecule has 0 aromatic heterocycles. The zero-order valence-corrected chi connectivity index (χ0v) is 18.0. The van der Waals surface area contributed by atoms with Crippen molar-refractivity contribution in [2.45, 2.75) is 37.1 Å². The number of amides is 1. The summed E-state index contributed by atoms with van der Waals surface area (Å²) in [7, 11) is -2.21. The van der Waals surface area contributed by atoms with Gasteiger partial charge in [-0.15, -0.1) is 0 Å².